The molecule has 2 rings (SSSR count). The van der Waals surface area contributed by atoms with Gasteiger partial charge in [-0.05, 0) is 45.6 Å². The van der Waals surface area contributed by atoms with Crippen molar-refractivity contribution in [3.8, 4) is 0 Å². The summed E-state index contributed by atoms with van der Waals surface area (Å²) >= 11 is 1.72. The molecule has 0 saturated carbocycles. The van der Waals surface area contributed by atoms with E-state index in [1.165, 1.54) is 17.7 Å². The first-order chi connectivity index (χ1) is 8.47. The predicted molar refractivity (Wildman–Crippen MR) is 77.6 cm³/mol. The molecular formula is C15H23NOS. The van der Waals surface area contributed by atoms with Crippen LogP contribution in [0.3, 0.4) is 0 Å². The van der Waals surface area contributed by atoms with E-state index in [-0.39, 0.29) is 5.78 Å². The molecule has 100 valence electrons. The number of nitrogens with zero attached hydrogens (tertiary/aromatic N) is 1. The van der Waals surface area contributed by atoms with Gasteiger partial charge in [-0.2, -0.15) is 0 Å². The first kappa shape index (κ1) is 13.8. The van der Waals surface area contributed by atoms with Crippen LogP contribution in [0.25, 0.3) is 0 Å². The van der Waals surface area contributed by atoms with Gasteiger partial charge in [-0.1, -0.05) is 6.92 Å². The van der Waals surface area contributed by atoms with E-state index in [9.17, 15) is 4.79 Å². The second-order valence-electron chi connectivity index (χ2n) is 5.71. The Morgan fingerprint density at radius 3 is 2.72 bits per heavy atom. The average Bonchev–Trinajstić information content (AvgIpc) is 2.63. The largest absolute Gasteiger partial charge is 0.293 e. The Morgan fingerprint density at radius 2 is 2.11 bits per heavy atom. The van der Waals surface area contributed by atoms with E-state index in [2.05, 4.69) is 25.7 Å². The normalized spacial score (nSPS) is 25.3. The number of piperidine rings is 1. The lowest BCUT2D eigenvalue weighted by Gasteiger charge is -2.36. The molecule has 0 radical (unpaired) electrons. The maximum atomic E-state index is 12.4. The monoisotopic (exact) mass is 265 g/mol. The fourth-order valence-corrected chi connectivity index (χ4v) is 3.72. The third-order valence-electron chi connectivity index (χ3n) is 3.93. The molecular weight excluding hydrogens is 242 g/mol. The molecule has 1 aromatic heterocycles. The highest BCUT2D eigenvalue weighted by atomic mass is 32.1. The highest BCUT2D eigenvalue weighted by molar-refractivity contribution is 7.12. The highest BCUT2D eigenvalue weighted by Crippen LogP contribution is 2.24. The summed E-state index contributed by atoms with van der Waals surface area (Å²) < 4.78 is 0. The van der Waals surface area contributed by atoms with Crippen molar-refractivity contribution in [1.82, 2.24) is 4.90 Å². The van der Waals surface area contributed by atoms with Crippen molar-refractivity contribution in [1.29, 1.82) is 0 Å². The van der Waals surface area contributed by atoms with Crippen LogP contribution in [0.15, 0.2) is 6.07 Å². The minimum atomic E-state index is 0.290. The Balaban J connectivity index is 2.04. The maximum Gasteiger partial charge on any atom is 0.177 e. The Morgan fingerprint density at radius 1 is 1.39 bits per heavy atom. The number of hydrogen-bond acceptors (Lipinski definition) is 3. The number of hydrogen-bond donors (Lipinski definition) is 0. The number of Topliss-reactive ketones (excluding diaryl/α,β-unsaturated/α-hetero) is 1. The third-order valence-corrected chi connectivity index (χ3v) is 4.90. The minimum absolute atomic E-state index is 0.290. The Hall–Kier alpha value is -0.670. The standard InChI is InChI=1S/C15H23NOS/c1-10-5-6-11(2)16(8-10)9-15(17)14-7-12(3)18-13(14)4/h7,10-11H,5-6,8-9H2,1-4H3. The molecule has 0 aromatic carbocycles. The van der Waals surface area contributed by atoms with Crippen molar-refractivity contribution >= 4 is 17.1 Å². The van der Waals surface area contributed by atoms with E-state index < -0.39 is 0 Å². The third kappa shape index (κ3) is 3.01. The summed E-state index contributed by atoms with van der Waals surface area (Å²) in [5.74, 6) is 1.01. The van der Waals surface area contributed by atoms with Crippen LogP contribution in [-0.2, 0) is 0 Å². The second-order valence-corrected chi connectivity index (χ2v) is 7.17. The fourth-order valence-electron chi connectivity index (χ4n) is 2.78. The summed E-state index contributed by atoms with van der Waals surface area (Å²) in [7, 11) is 0. The zero-order valence-electron chi connectivity index (χ0n) is 11.8. The van der Waals surface area contributed by atoms with Crippen molar-refractivity contribution in [2.75, 3.05) is 13.1 Å². The molecule has 1 aliphatic heterocycles. The van der Waals surface area contributed by atoms with Gasteiger partial charge in [0.15, 0.2) is 5.78 Å². The number of aryl methyl sites for hydroxylation is 2. The number of rotatable bonds is 3. The summed E-state index contributed by atoms with van der Waals surface area (Å²) in [5.41, 5.74) is 0.933. The van der Waals surface area contributed by atoms with Gasteiger partial charge in [-0.3, -0.25) is 9.69 Å². The van der Waals surface area contributed by atoms with Gasteiger partial charge >= 0.3 is 0 Å². The fraction of sp³-hybridized carbons (Fsp3) is 0.667. The van der Waals surface area contributed by atoms with E-state index in [0.717, 1.165) is 22.9 Å². The maximum absolute atomic E-state index is 12.4. The van der Waals surface area contributed by atoms with Gasteiger partial charge in [-0.15, -0.1) is 11.3 Å². The van der Waals surface area contributed by atoms with Crippen LogP contribution in [0.2, 0.25) is 0 Å². The van der Waals surface area contributed by atoms with Gasteiger partial charge in [-0.25, -0.2) is 0 Å². The molecule has 1 saturated heterocycles. The molecule has 2 unspecified atom stereocenters. The first-order valence-corrected chi connectivity index (χ1v) is 7.63. The molecule has 0 amide bonds. The van der Waals surface area contributed by atoms with E-state index in [4.69, 9.17) is 0 Å². The zero-order valence-corrected chi connectivity index (χ0v) is 12.6. The van der Waals surface area contributed by atoms with Gasteiger partial charge in [0, 0.05) is 27.9 Å². The molecule has 0 N–H and O–H groups in total. The Labute approximate surface area is 114 Å². The minimum Gasteiger partial charge on any atom is -0.293 e. The molecule has 1 aromatic rings. The van der Waals surface area contributed by atoms with Crippen molar-refractivity contribution < 1.29 is 4.79 Å². The summed E-state index contributed by atoms with van der Waals surface area (Å²) in [6, 6.07) is 2.59. The Bertz CT molecular complexity index is 438. The van der Waals surface area contributed by atoms with Crippen LogP contribution < -0.4 is 0 Å². The smallest absolute Gasteiger partial charge is 0.177 e. The number of ketones is 1. The van der Waals surface area contributed by atoms with Crippen LogP contribution in [0.1, 0.15) is 46.8 Å². The van der Waals surface area contributed by atoms with E-state index in [1.807, 2.05) is 13.0 Å². The lowest BCUT2D eigenvalue weighted by atomic mass is 9.94. The van der Waals surface area contributed by atoms with Crippen LogP contribution in [0, 0.1) is 19.8 Å². The first-order valence-electron chi connectivity index (χ1n) is 6.81. The van der Waals surface area contributed by atoms with Gasteiger partial charge in [0.1, 0.15) is 0 Å². The molecule has 2 nitrogen and oxygen atoms in total. The van der Waals surface area contributed by atoms with Crippen molar-refractivity contribution in [2.45, 2.75) is 46.6 Å². The molecule has 0 aliphatic carbocycles. The van der Waals surface area contributed by atoms with Crippen molar-refractivity contribution in [2.24, 2.45) is 5.92 Å². The van der Waals surface area contributed by atoms with Gasteiger partial charge in [0.2, 0.25) is 0 Å². The SMILES string of the molecule is Cc1cc(C(=O)CN2CC(C)CCC2C)c(C)s1. The van der Waals surface area contributed by atoms with E-state index in [1.54, 1.807) is 11.3 Å². The molecule has 3 heteroatoms. The highest BCUT2D eigenvalue weighted by Gasteiger charge is 2.25. The average molecular weight is 265 g/mol. The topological polar surface area (TPSA) is 20.3 Å². The molecule has 2 heterocycles. The molecule has 1 fully saturated rings. The number of thiophene rings is 1. The number of carbonyl (C=O) groups excluding carboxylic acids is 1. The molecule has 0 bridgehead atoms. The quantitative estimate of drug-likeness (QED) is 0.777. The Kier molecular flexibility index (Phi) is 4.23. The van der Waals surface area contributed by atoms with E-state index >= 15 is 0 Å². The van der Waals surface area contributed by atoms with Gasteiger partial charge < -0.3 is 0 Å². The molecule has 0 spiro atoms. The lowest BCUT2D eigenvalue weighted by Crippen LogP contribution is -2.43. The number of carbonyl (C=O) groups is 1. The second kappa shape index (κ2) is 5.54. The van der Waals surface area contributed by atoms with Crippen LogP contribution >= 0.6 is 11.3 Å². The molecule has 1 aliphatic rings. The number of likely N-dealkylation sites (tertiary alicyclic amines) is 1. The summed E-state index contributed by atoms with van der Waals surface area (Å²) in [6.07, 6.45) is 2.51. The van der Waals surface area contributed by atoms with Gasteiger partial charge in [0.25, 0.3) is 0 Å². The van der Waals surface area contributed by atoms with Crippen molar-refractivity contribution in [3.05, 3.63) is 21.4 Å². The summed E-state index contributed by atoms with van der Waals surface area (Å²) in [5, 5.41) is 0. The van der Waals surface area contributed by atoms with Crippen LogP contribution in [0.5, 0.6) is 0 Å². The summed E-state index contributed by atoms with van der Waals surface area (Å²) in [4.78, 5) is 17.1. The van der Waals surface area contributed by atoms with Crippen LogP contribution in [-0.4, -0.2) is 29.8 Å². The lowest BCUT2D eigenvalue weighted by molar-refractivity contribution is 0.0805. The molecule has 18 heavy (non-hydrogen) atoms. The predicted octanol–water partition coefficient (Wildman–Crippen LogP) is 3.67. The van der Waals surface area contributed by atoms with Crippen molar-refractivity contribution in [3.63, 3.8) is 0 Å². The van der Waals surface area contributed by atoms with Gasteiger partial charge in [0.05, 0.1) is 6.54 Å². The summed E-state index contributed by atoms with van der Waals surface area (Å²) in [6.45, 7) is 10.3. The molecule has 2 atom stereocenters. The van der Waals surface area contributed by atoms with Crippen LogP contribution in [0.4, 0.5) is 0 Å². The zero-order chi connectivity index (χ0) is 13.3. The van der Waals surface area contributed by atoms with E-state index in [0.29, 0.717) is 12.6 Å².